The molecule has 0 unspecified atom stereocenters. The Labute approximate surface area is 103 Å². The van der Waals surface area contributed by atoms with Gasteiger partial charge in [-0.15, -0.1) is 0 Å². The summed E-state index contributed by atoms with van der Waals surface area (Å²) >= 11 is 0. The first-order valence-corrected chi connectivity index (χ1v) is 6.41. The fraction of sp³-hybridized carbons (Fsp3) is 0.750. The third-order valence-corrected chi connectivity index (χ3v) is 3.18. The molecule has 0 amide bonds. The van der Waals surface area contributed by atoms with Gasteiger partial charge in [0.2, 0.25) is 0 Å². The van der Waals surface area contributed by atoms with Crippen LogP contribution in [0.15, 0.2) is 12.4 Å². The molecule has 1 aromatic heterocycles. The van der Waals surface area contributed by atoms with Crippen molar-refractivity contribution >= 4 is 5.69 Å². The maximum Gasteiger partial charge on any atom is 0.0730 e. The van der Waals surface area contributed by atoms with Gasteiger partial charge in [-0.1, -0.05) is 13.8 Å². The molecule has 5 heteroatoms. The number of hydrogen-bond acceptors (Lipinski definition) is 4. The molecule has 96 valence electrons. The molecule has 2 heterocycles. The summed E-state index contributed by atoms with van der Waals surface area (Å²) in [6, 6.07) is 0.468. The van der Waals surface area contributed by atoms with E-state index in [1.54, 1.807) is 0 Å². The minimum Gasteiger partial charge on any atom is -0.377 e. The summed E-state index contributed by atoms with van der Waals surface area (Å²) in [7, 11) is 0. The molecule has 1 N–H and O–H groups in total. The smallest absolute Gasteiger partial charge is 0.0730 e. The van der Waals surface area contributed by atoms with Crippen LogP contribution in [0.1, 0.15) is 13.8 Å². The summed E-state index contributed by atoms with van der Waals surface area (Å²) < 4.78 is 7.13. The van der Waals surface area contributed by atoms with Gasteiger partial charge in [0, 0.05) is 12.7 Å². The van der Waals surface area contributed by atoms with E-state index in [1.165, 1.54) is 0 Å². The molecular formula is C12H22N4O. The summed E-state index contributed by atoms with van der Waals surface area (Å²) in [5, 5.41) is 7.75. The van der Waals surface area contributed by atoms with Crippen LogP contribution in [0.2, 0.25) is 0 Å². The highest BCUT2D eigenvalue weighted by atomic mass is 16.5. The summed E-state index contributed by atoms with van der Waals surface area (Å²) in [4.78, 5) is 2.40. The molecule has 0 aliphatic carbocycles. The lowest BCUT2D eigenvalue weighted by molar-refractivity contribution is 0.0211. The Hall–Kier alpha value is -1.07. The quantitative estimate of drug-likeness (QED) is 0.770. The predicted molar refractivity (Wildman–Crippen MR) is 68.2 cm³/mol. The highest BCUT2D eigenvalue weighted by Gasteiger charge is 2.18. The Balaban J connectivity index is 1.76. The van der Waals surface area contributed by atoms with Gasteiger partial charge in [-0.2, -0.15) is 5.10 Å². The molecule has 2 rings (SSSR count). The zero-order chi connectivity index (χ0) is 12.1. The van der Waals surface area contributed by atoms with Crippen LogP contribution in [0.3, 0.4) is 0 Å². The monoisotopic (exact) mass is 238 g/mol. The van der Waals surface area contributed by atoms with Crippen molar-refractivity contribution in [2.24, 2.45) is 0 Å². The van der Waals surface area contributed by atoms with Gasteiger partial charge in [-0.3, -0.25) is 4.68 Å². The van der Waals surface area contributed by atoms with Gasteiger partial charge >= 0.3 is 0 Å². The van der Waals surface area contributed by atoms with Crippen molar-refractivity contribution in [3.8, 4) is 0 Å². The minimum absolute atomic E-state index is 0.468. The van der Waals surface area contributed by atoms with Crippen LogP contribution in [-0.4, -0.2) is 53.6 Å². The van der Waals surface area contributed by atoms with Crippen LogP contribution in [0.25, 0.3) is 0 Å². The largest absolute Gasteiger partial charge is 0.377 e. The molecule has 1 fully saturated rings. The molecule has 0 aromatic carbocycles. The number of nitrogens with one attached hydrogen (secondary N) is 1. The van der Waals surface area contributed by atoms with Crippen LogP contribution in [-0.2, 0) is 11.3 Å². The Bertz CT molecular complexity index is 331. The van der Waals surface area contributed by atoms with Crippen molar-refractivity contribution in [1.82, 2.24) is 14.7 Å². The van der Waals surface area contributed by atoms with Crippen molar-refractivity contribution in [3.63, 3.8) is 0 Å². The maximum atomic E-state index is 5.13. The first-order chi connectivity index (χ1) is 8.31. The van der Waals surface area contributed by atoms with Crippen LogP contribution in [0.5, 0.6) is 0 Å². The van der Waals surface area contributed by atoms with Crippen LogP contribution < -0.4 is 5.32 Å². The van der Waals surface area contributed by atoms with Crippen molar-refractivity contribution in [2.75, 3.05) is 38.2 Å². The first-order valence-electron chi connectivity index (χ1n) is 6.41. The van der Waals surface area contributed by atoms with E-state index in [0.29, 0.717) is 6.04 Å². The van der Waals surface area contributed by atoms with Crippen LogP contribution in [0.4, 0.5) is 5.69 Å². The molecule has 0 saturated carbocycles. The number of rotatable bonds is 7. The second kappa shape index (κ2) is 6.02. The number of hydrogen-bond donors (Lipinski definition) is 1. The van der Waals surface area contributed by atoms with E-state index in [1.807, 2.05) is 10.9 Å². The number of aromatic nitrogens is 2. The van der Waals surface area contributed by atoms with E-state index < -0.39 is 0 Å². The standard InChI is InChI=1S/C12H22N4O/c1-3-15(4-2)5-6-16-8-11(7-13-16)14-12-9-17-10-12/h7-8,12,14H,3-6,9-10H2,1-2H3. The lowest BCUT2D eigenvalue weighted by Crippen LogP contribution is -2.40. The van der Waals surface area contributed by atoms with Crippen molar-refractivity contribution in [1.29, 1.82) is 0 Å². The molecular weight excluding hydrogens is 216 g/mol. The fourth-order valence-electron chi connectivity index (χ4n) is 1.90. The first kappa shape index (κ1) is 12.4. The van der Waals surface area contributed by atoms with Crippen LogP contribution >= 0.6 is 0 Å². The molecule has 0 atom stereocenters. The van der Waals surface area contributed by atoms with Crippen molar-refractivity contribution < 1.29 is 4.74 Å². The normalized spacial score (nSPS) is 16.2. The molecule has 1 aliphatic rings. The fourth-order valence-corrected chi connectivity index (χ4v) is 1.90. The predicted octanol–water partition coefficient (Wildman–Crippen LogP) is 1.04. The molecule has 1 saturated heterocycles. The van der Waals surface area contributed by atoms with Gasteiger partial charge < -0.3 is 15.0 Å². The third-order valence-electron chi connectivity index (χ3n) is 3.18. The van der Waals surface area contributed by atoms with E-state index in [2.05, 4.69) is 35.4 Å². The lowest BCUT2D eigenvalue weighted by Gasteiger charge is -2.26. The maximum absolute atomic E-state index is 5.13. The second-order valence-corrected chi connectivity index (χ2v) is 4.40. The van der Waals surface area contributed by atoms with Gasteiger partial charge in [0.25, 0.3) is 0 Å². The van der Waals surface area contributed by atoms with E-state index in [0.717, 1.165) is 45.1 Å². The number of ether oxygens (including phenoxy) is 1. The van der Waals surface area contributed by atoms with Gasteiger partial charge in [0.1, 0.15) is 0 Å². The van der Waals surface area contributed by atoms with Crippen LogP contribution in [0, 0.1) is 0 Å². The molecule has 17 heavy (non-hydrogen) atoms. The SMILES string of the molecule is CCN(CC)CCn1cc(NC2COC2)cn1. The third kappa shape index (κ3) is 3.44. The topological polar surface area (TPSA) is 42.3 Å². The molecule has 0 bridgehead atoms. The van der Waals surface area contributed by atoms with Gasteiger partial charge in [-0.05, 0) is 13.1 Å². The zero-order valence-corrected chi connectivity index (χ0v) is 10.7. The Morgan fingerprint density at radius 2 is 2.24 bits per heavy atom. The number of anilines is 1. The summed E-state index contributed by atoms with van der Waals surface area (Å²) in [5.74, 6) is 0. The molecule has 0 radical (unpaired) electrons. The van der Waals surface area contributed by atoms with Gasteiger partial charge in [0.15, 0.2) is 0 Å². The number of likely N-dealkylation sites (N-methyl/N-ethyl adjacent to an activating group) is 1. The minimum atomic E-state index is 0.468. The van der Waals surface area contributed by atoms with Gasteiger partial charge in [-0.25, -0.2) is 0 Å². The Kier molecular flexibility index (Phi) is 4.39. The second-order valence-electron chi connectivity index (χ2n) is 4.40. The lowest BCUT2D eigenvalue weighted by atomic mass is 10.2. The number of nitrogens with zero attached hydrogens (tertiary/aromatic N) is 3. The summed E-state index contributed by atoms with van der Waals surface area (Å²) in [6.45, 7) is 10.2. The average molecular weight is 238 g/mol. The van der Waals surface area contributed by atoms with Gasteiger partial charge in [0.05, 0.1) is 37.7 Å². The van der Waals surface area contributed by atoms with Crippen molar-refractivity contribution in [3.05, 3.63) is 12.4 Å². The van der Waals surface area contributed by atoms with E-state index >= 15 is 0 Å². The van der Waals surface area contributed by atoms with E-state index in [9.17, 15) is 0 Å². The summed E-state index contributed by atoms with van der Waals surface area (Å²) in [6.07, 6.45) is 3.96. The highest BCUT2D eigenvalue weighted by Crippen LogP contribution is 2.11. The molecule has 0 spiro atoms. The Morgan fingerprint density at radius 3 is 2.82 bits per heavy atom. The van der Waals surface area contributed by atoms with E-state index in [4.69, 9.17) is 4.74 Å². The average Bonchev–Trinajstić information content (AvgIpc) is 2.73. The zero-order valence-electron chi connectivity index (χ0n) is 10.7. The molecule has 1 aromatic rings. The van der Waals surface area contributed by atoms with Crippen molar-refractivity contribution in [2.45, 2.75) is 26.4 Å². The molecule has 5 nitrogen and oxygen atoms in total. The molecule has 1 aliphatic heterocycles. The Morgan fingerprint density at radius 1 is 1.47 bits per heavy atom. The summed E-state index contributed by atoms with van der Waals surface area (Å²) in [5.41, 5.74) is 1.10. The van der Waals surface area contributed by atoms with E-state index in [-0.39, 0.29) is 0 Å². The highest BCUT2D eigenvalue weighted by molar-refractivity contribution is 5.39.